The smallest absolute Gasteiger partial charge is 0.411 e. The van der Waals surface area contributed by atoms with Gasteiger partial charge in [0.1, 0.15) is 5.82 Å². The first-order valence-electron chi connectivity index (χ1n) is 9.37. The Bertz CT molecular complexity index is 1040. The summed E-state index contributed by atoms with van der Waals surface area (Å²) in [6.07, 6.45) is 1.19. The molecule has 150 valence electrons. The van der Waals surface area contributed by atoms with E-state index >= 15 is 0 Å². The number of nitrogens with zero attached hydrogens (tertiary/aromatic N) is 2. The first-order valence-corrected chi connectivity index (χ1v) is 9.37. The zero-order valence-electron chi connectivity index (χ0n) is 16.9. The molecule has 0 saturated heterocycles. The highest BCUT2D eigenvalue weighted by atomic mass is 16.5. The van der Waals surface area contributed by atoms with E-state index in [9.17, 15) is 9.59 Å². The average Bonchev–Trinajstić information content (AvgIpc) is 3.00. The van der Waals surface area contributed by atoms with Crippen LogP contribution < -0.4 is 10.6 Å². The molecule has 7 heteroatoms. The Balaban J connectivity index is 1.86. The van der Waals surface area contributed by atoms with Gasteiger partial charge in [-0.15, -0.1) is 0 Å². The lowest BCUT2D eigenvalue weighted by Gasteiger charge is -2.13. The number of carbonyl (C=O) groups is 2. The van der Waals surface area contributed by atoms with E-state index in [0.29, 0.717) is 16.9 Å². The van der Waals surface area contributed by atoms with Crippen molar-refractivity contribution in [1.29, 1.82) is 0 Å². The maximum Gasteiger partial charge on any atom is 0.411 e. The quantitative estimate of drug-likeness (QED) is 0.663. The second-order valence-corrected chi connectivity index (χ2v) is 6.59. The third-order valence-electron chi connectivity index (χ3n) is 4.65. The minimum Gasteiger partial charge on any atom is -0.450 e. The van der Waals surface area contributed by atoms with E-state index in [0.717, 1.165) is 22.8 Å². The number of ether oxygens (including phenoxy) is 1. The summed E-state index contributed by atoms with van der Waals surface area (Å²) >= 11 is 0. The molecule has 3 aromatic rings. The van der Waals surface area contributed by atoms with E-state index in [1.807, 2.05) is 49.6 Å². The van der Waals surface area contributed by atoms with Crippen molar-refractivity contribution in [3.63, 3.8) is 0 Å². The molecule has 2 heterocycles. The van der Waals surface area contributed by atoms with Gasteiger partial charge in [-0.3, -0.25) is 10.1 Å². The largest absolute Gasteiger partial charge is 0.450 e. The molecule has 3 rings (SSSR count). The third-order valence-corrected chi connectivity index (χ3v) is 4.65. The van der Waals surface area contributed by atoms with Crippen LogP contribution in [0.4, 0.5) is 16.2 Å². The fraction of sp³-hybridized carbons (Fsp3) is 0.227. The molecule has 0 aliphatic heterocycles. The SMILES string of the molecule is CCOC(=O)Nc1cccc(NC(=O)c2cc(C)n(-c3ccccn3)c2C)c1C. The van der Waals surface area contributed by atoms with Gasteiger partial charge in [-0.05, 0) is 63.6 Å². The molecule has 0 aliphatic rings. The molecule has 7 nitrogen and oxygen atoms in total. The molecule has 0 aliphatic carbocycles. The fourth-order valence-electron chi connectivity index (χ4n) is 3.20. The summed E-state index contributed by atoms with van der Waals surface area (Å²) < 4.78 is 6.86. The Labute approximate surface area is 169 Å². The zero-order valence-corrected chi connectivity index (χ0v) is 16.9. The number of benzene rings is 1. The van der Waals surface area contributed by atoms with E-state index in [2.05, 4.69) is 15.6 Å². The van der Waals surface area contributed by atoms with E-state index in [1.54, 1.807) is 31.3 Å². The number of carbonyl (C=O) groups excluding carboxylic acids is 2. The van der Waals surface area contributed by atoms with Crippen LogP contribution in [0.3, 0.4) is 0 Å². The first-order chi connectivity index (χ1) is 13.9. The molecule has 2 N–H and O–H groups in total. The highest BCUT2D eigenvalue weighted by Crippen LogP contribution is 2.26. The molecule has 0 unspecified atom stereocenters. The molecule has 0 saturated carbocycles. The lowest BCUT2D eigenvalue weighted by atomic mass is 10.1. The van der Waals surface area contributed by atoms with Crippen molar-refractivity contribution in [3.8, 4) is 5.82 Å². The average molecular weight is 392 g/mol. The highest BCUT2D eigenvalue weighted by molar-refractivity contribution is 6.06. The number of amides is 2. The van der Waals surface area contributed by atoms with E-state index < -0.39 is 6.09 Å². The molecular weight excluding hydrogens is 368 g/mol. The molecule has 2 amide bonds. The first kappa shape index (κ1) is 20.1. The minimum absolute atomic E-state index is 0.225. The summed E-state index contributed by atoms with van der Waals surface area (Å²) in [6.45, 7) is 7.68. The van der Waals surface area contributed by atoms with Crippen molar-refractivity contribution in [1.82, 2.24) is 9.55 Å². The monoisotopic (exact) mass is 392 g/mol. The standard InChI is InChI=1S/C22H24N4O3/c1-5-29-22(28)25-19-10-8-9-18(15(19)3)24-21(27)17-13-14(2)26(16(17)4)20-11-6-7-12-23-20/h6-13H,5H2,1-4H3,(H,24,27)(H,25,28). The van der Waals surface area contributed by atoms with Gasteiger partial charge >= 0.3 is 6.09 Å². The summed E-state index contributed by atoms with van der Waals surface area (Å²) in [4.78, 5) is 29.0. The van der Waals surface area contributed by atoms with Gasteiger partial charge < -0.3 is 14.6 Å². The topological polar surface area (TPSA) is 85.3 Å². The van der Waals surface area contributed by atoms with Crippen LogP contribution in [0.5, 0.6) is 0 Å². The summed E-state index contributed by atoms with van der Waals surface area (Å²) in [7, 11) is 0. The van der Waals surface area contributed by atoms with Gasteiger partial charge in [0.15, 0.2) is 0 Å². The van der Waals surface area contributed by atoms with E-state index in [1.165, 1.54) is 0 Å². The van der Waals surface area contributed by atoms with Crippen molar-refractivity contribution in [2.75, 3.05) is 17.2 Å². The number of rotatable bonds is 5. The Morgan fingerprint density at radius 1 is 1.03 bits per heavy atom. The van der Waals surface area contributed by atoms with Gasteiger partial charge in [-0.2, -0.15) is 0 Å². The van der Waals surface area contributed by atoms with Crippen molar-refractivity contribution in [2.24, 2.45) is 0 Å². The van der Waals surface area contributed by atoms with Gasteiger partial charge in [0, 0.05) is 29.0 Å². The predicted octanol–water partition coefficient (Wildman–Crippen LogP) is 4.62. The number of pyridine rings is 1. The molecule has 0 spiro atoms. The maximum atomic E-state index is 13.0. The second-order valence-electron chi connectivity index (χ2n) is 6.59. The van der Waals surface area contributed by atoms with Crippen LogP contribution in [0.1, 0.15) is 34.2 Å². The van der Waals surface area contributed by atoms with Crippen LogP contribution in [-0.2, 0) is 4.74 Å². The highest BCUT2D eigenvalue weighted by Gasteiger charge is 2.18. The van der Waals surface area contributed by atoms with Gasteiger partial charge in [0.25, 0.3) is 5.91 Å². The molecule has 0 bridgehead atoms. The summed E-state index contributed by atoms with van der Waals surface area (Å²) in [5, 5.41) is 5.63. The summed E-state index contributed by atoms with van der Waals surface area (Å²) in [6, 6.07) is 12.8. The van der Waals surface area contributed by atoms with Crippen LogP contribution in [0.15, 0.2) is 48.7 Å². The third kappa shape index (κ3) is 4.29. The number of aryl methyl sites for hydroxylation is 1. The van der Waals surface area contributed by atoms with Crippen molar-refractivity contribution in [3.05, 3.63) is 71.2 Å². The van der Waals surface area contributed by atoms with E-state index in [-0.39, 0.29) is 12.5 Å². The molecule has 1 aromatic carbocycles. The fourth-order valence-corrected chi connectivity index (χ4v) is 3.20. The Morgan fingerprint density at radius 3 is 2.41 bits per heavy atom. The second kappa shape index (κ2) is 8.60. The predicted molar refractivity (Wildman–Crippen MR) is 113 cm³/mol. The number of hydrogen-bond acceptors (Lipinski definition) is 4. The van der Waals surface area contributed by atoms with E-state index in [4.69, 9.17) is 4.74 Å². The Kier molecular flexibility index (Phi) is 5.97. The van der Waals surface area contributed by atoms with Crippen molar-refractivity contribution >= 4 is 23.4 Å². The van der Waals surface area contributed by atoms with Gasteiger partial charge in [0.2, 0.25) is 0 Å². The molecule has 29 heavy (non-hydrogen) atoms. The van der Waals surface area contributed by atoms with Crippen molar-refractivity contribution in [2.45, 2.75) is 27.7 Å². The molecule has 0 fully saturated rings. The zero-order chi connectivity index (χ0) is 21.0. The van der Waals surface area contributed by atoms with Gasteiger partial charge in [-0.1, -0.05) is 12.1 Å². The van der Waals surface area contributed by atoms with Crippen molar-refractivity contribution < 1.29 is 14.3 Å². The number of aromatic nitrogens is 2. The van der Waals surface area contributed by atoms with Crippen LogP contribution in [0, 0.1) is 20.8 Å². The van der Waals surface area contributed by atoms with Crippen LogP contribution in [0.25, 0.3) is 5.82 Å². The molecule has 2 aromatic heterocycles. The lowest BCUT2D eigenvalue weighted by molar-refractivity contribution is 0.102. The molecule has 0 atom stereocenters. The molecule has 0 radical (unpaired) electrons. The minimum atomic E-state index is -0.530. The van der Waals surface area contributed by atoms with Crippen LogP contribution in [0.2, 0.25) is 0 Å². The Morgan fingerprint density at radius 2 is 1.76 bits per heavy atom. The Hall–Kier alpha value is -3.61. The van der Waals surface area contributed by atoms with Gasteiger partial charge in [-0.25, -0.2) is 9.78 Å². The van der Waals surface area contributed by atoms with Crippen LogP contribution >= 0.6 is 0 Å². The summed E-state index contributed by atoms with van der Waals surface area (Å²) in [5.74, 6) is 0.537. The lowest BCUT2D eigenvalue weighted by Crippen LogP contribution is -2.17. The normalized spacial score (nSPS) is 10.5. The number of hydrogen-bond donors (Lipinski definition) is 2. The number of anilines is 2. The van der Waals surface area contributed by atoms with Crippen LogP contribution in [-0.4, -0.2) is 28.2 Å². The maximum absolute atomic E-state index is 13.0. The van der Waals surface area contributed by atoms with Gasteiger partial charge in [0.05, 0.1) is 12.2 Å². The number of nitrogens with one attached hydrogen (secondary N) is 2. The molecular formula is C22H24N4O3. The summed E-state index contributed by atoms with van der Waals surface area (Å²) in [5.41, 5.74) is 4.23.